The number of hydrogen-bond acceptors (Lipinski definition) is 3. The van der Waals surface area contributed by atoms with Gasteiger partial charge in [-0.15, -0.1) is 0 Å². The number of fused-ring (bicyclic) bond motifs is 1. The van der Waals surface area contributed by atoms with Gasteiger partial charge in [0.15, 0.2) is 0 Å². The fraction of sp³-hybridized carbons (Fsp3) is 0.375. The molecular weight excluding hydrogens is 400 g/mol. The summed E-state index contributed by atoms with van der Waals surface area (Å²) in [7, 11) is 0. The highest BCUT2D eigenvalue weighted by Crippen LogP contribution is 2.38. The number of nitrogens with zero attached hydrogens (tertiary/aromatic N) is 1. The van der Waals surface area contributed by atoms with Crippen molar-refractivity contribution in [3.63, 3.8) is 0 Å². The van der Waals surface area contributed by atoms with Gasteiger partial charge in [0.2, 0.25) is 17.7 Å². The highest BCUT2D eigenvalue weighted by atomic mass is 35.5. The summed E-state index contributed by atoms with van der Waals surface area (Å²) in [6.45, 7) is 0.132. The van der Waals surface area contributed by atoms with Gasteiger partial charge in [-0.2, -0.15) is 0 Å². The zero-order valence-electron chi connectivity index (χ0n) is 16.7. The number of carbonyl (C=O) groups is 3. The van der Waals surface area contributed by atoms with Crippen LogP contribution in [-0.2, 0) is 14.4 Å². The van der Waals surface area contributed by atoms with E-state index in [-0.39, 0.29) is 48.6 Å². The van der Waals surface area contributed by atoms with Crippen molar-refractivity contribution in [1.29, 1.82) is 0 Å². The number of amides is 3. The Morgan fingerprint density at radius 2 is 1.60 bits per heavy atom. The molecule has 3 unspecified atom stereocenters. The fourth-order valence-electron chi connectivity index (χ4n) is 4.59. The van der Waals surface area contributed by atoms with E-state index in [0.29, 0.717) is 5.02 Å². The Bertz CT molecular complexity index is 922. The van der Waals surface area contributed by atoms with E-state index in [1.807, 2.05) is 48.5 Å². The van der Waals surface area contributed by atoms with Crippen molar-refractivity contribution in [2.45, 2.75) is 38.1 Å². The predicted octanol–water partition coefficient (Wildman–Crippen LogP) is 4.11. The van der Waals surface area contributed by atoms with Crippen LogP contribution in [0.5, 0.6) is 0 Å². The molecule has 3 amide bonds. The van der Waals surface area contributed by atoms with Gasteiger partial charge in [-0.1, -0.05) is 66.9 Å². The molecule has 0 spiro atoms. The van der Waals surface area contributed by atoms with Gasteiger partial charge < -0.3 is 5.32 Å². The van der Waals surface area contributed by atoms with E-state index < -0.39 is 0 Å². The number of imide groups is 1. The van der Waals surface area contributed by atoms with E-state index in [0.717, 1.165) is 36.8 Å². The quantitative estimate of drug-likeness (QED) is 0.709. The zero-order chi connectivity index (χ0) is 21.1. The van der Waals surface area contributed by atoms with Gasteiger partial charge in [0.05, 0.1) is 17.9 Å². The minimum Gasteiger partial charge on any atom is -0.345 e. The molecule has 1 aliphatic heterocycles. The first-order valence-corrected chi connectivity index (χ1v) is 10.9. The number of likely N-dealkylation sites (tertiary alicyclic amines) is 1. The van der Waals surface area contributed by atoms with E-state index in [1.54, 1.807) is 6.07 Å². The molecule has 1 saturated carbocycles. The smallest absolute Gasteiger partial charge is 0.233 e. The monoisotopic (exact) mass is 424 g/mol. The molecule has 0 bridgehead atoms. The summed E-state index contributed by atoms with van der Waals surface area (Å²) >= 11 is 6.16. The molecule has 2 aliphatic rings. The molecule has 30 heavy (non-hydrogen) atoms. The van der Waals surface area contributed by atoms with E-state index in [1.165, 1.54) is 4.90 Å². The van der Waals surface area contributed by atoms with Crippen LogP contribution in [-0.4, -0.2) is 29.2 Å². The average molecular weight is 425 g/mol. The zero-order valence-corrected chi connectivity index (χ0v) is 17.5. The van der Waals surface area contributed by atoms with E-state index >= 15 is 0 Å². The first-order chi connectivity index (χ1) is 14.5. The Kier molecular flexibility index (Phi) is 6.18. The minimum atomic E-state index is -0.357. The Labute approximate surface area is 181 Å². The first-order valence-electron chi connectivity index (χ1n) is 10.5. The van der Waals surface area contributed by atoms with Crippen LogP contribution in [0.1, 0.15) is 49.3 Å². The van der Waals surface area contributed by atoms with Crippen molar-refractivity contribution in [2.24, 2.45) is 11.8 Å². The van der Waals surface area contributed by atoms with Gasteiger partial charge in [0.1, 0.15) is 0 Å². The number of nitrogens with one attached hydrogen (secondary N) is 1. The van der Waals surface area contributed by atoms with Crippen LogP contribution < -0.4 is 5.32 Å². The highest BCUT2D eigenvalue weighted by molar-refractivity contribution is 6.30. The number of halogens is 1. The summed E-state index contributed by atoms with van der Waals surface area (Å²) in [5.41, 5.74) is 1.81. The molecule has 4 rings (SSSR count). The maximum atomic E-state index is 12.8. The number of benzene rings is 2. The van der Waals surface area contributed by atoms with Crippen molar-refractivity contribution in [2.75, 3.05) is 6.54 Å². The number of carbonyl (C=O) groups excluding carboxylic acids is 3. The van der Waals surface area contributed by atoms with Crippen molar-refractivity contribution < 1.29 is 14.4 Å². The molecule has 0 radical (unpaired) electrons. The Balaban J connectivity index is 1.44. The molecule has 2 fully saturated rings. The van der Waals surface area contributed by atoms with Gasteiger partial charge in [-0.25, -0.2) is 0 Å². The molecule has 156 valence electrons. The third kappa shape index (κ3) is 4.26. The van der Waals surface area contributed by atoms with Gasteiger partial charge in [-0.3, -0.25) is 19.3 Å². The van der Waals surface area contributed by atoms with Gasteiger partial charge >= 0.3 is 0 Å². The second-order valence-electron chi connectivity index (χ2n) is 8.04. The van der Waals surface area contributed by atoms with Gasteiger partial charge in [0.25, 0.3) is 0 Å². The predicted molar refractivity (Wildman–Crippen MR) is 115 cm³/mol. The topological polar surface area (TPSA) is 66.5 Å². The molecule has 0 aromatic heterocycles. The van der Waals surface area contributed by atoms with Crippen molar-refractivity contribution in [3.8, 4) is 0 Å². The number of rotatable bonds is 6. The van der Waals surface area contributed by atoms with Crippen LogP contribution >= 0.6 is 11.6 Å². The Hall–Kier alpha value is -2.66. The molecule has 1 heterocycles. The van der Waals surface area contributed by atoms with E-state index in [2.05, 4.69) is 5.32 Å². The SMILES string of the molecule is O=C(CCN1C(=O)C2CCCCC2C1=O)NC(c1ccccc1)c1cccc(Cl)c1. The van der Waals surface area contributed by atoms with Crippen LogP contribution in [0.2, 0.25) is 5.02 Å². The maximum Gasteiger partial charge on any atom is 0.233 e. The molecular formula is C24H25ClN2O3. The Morgan fingerprint density at radius 3 is 2.23 bits per heavy atom. The second-order valence-corrected chi connectivity index (χ2v) is 8.48. The van der Waals surface area contributed by atoms with Crippen LogP contribution in [0.15, 0.2) is 54.6 Å². The summed E-state index contributed by atoms with van der Waals surface area (Å²) in [5, 5.41) is 3.64. The fourth-order valence-corrected chi connectivity index (χ4v) is 4.79. The lowest BCUT2D eigenvalue weighted by molar-refractivity contribution is -0.140. The minimum absolute atomic E-state index is 0.0841. The standard InChI is InChI=1S/C24H25ClN2O3/c25-18-10-6-9-17(15-18)22(16-7-2-1-3-8-16)26-21(28)13-14-27-23(29)19-11-4-5-12-20(19)24(27)30/h1-3,6-10,15,19-20,22H,4-5,11-14H2,(H,26,28). The van der Waals surface area contributed by atoms with Crippen LogP contribution in [0.25, 0.3) is 0 Å². The van der Waals surface area contributed by atoms with Crippen molar-refractivity contribution in [1.82, 2.24) is 10.2 Å². The summed E-state index contributed by atoms with van der Waals surface area (Å²) < 4.78 is 0. The average Bonchev–Trinajstić information content (AvgIpc) is 3.01. The van der Waals surface area contributed by atoms with Gasteiger partial charge in [0, 0.05) is 18.0 Å². The van der Waals surface area contributed by atoms with E-state index in [9.17, 15) is 14.4 Å². The molecule has 3 atom stereocenters. The third-order valence-electron chi connectivity index (χ3n) is 6.12. The summed E-state index contributed by atoms with van der Waals surface area (Å²) in [6, 6.07) is 16.7. The van der Waals surface area contributed by atoms with Crippen LogP contribution in [0, 0.1) is 11.8 Å². The highest BCUT2D eigenvalue weighted by Gasteiger charge is 2.47. The molecule has 1 aliphatic carbocycles. The summed E-state index contributed by atoms with van der Waals surface area (Å²) in [5.74, 6) is -0.783. The maximum absolute atomic E-state index is 12.8. The molecule has 6 heteroatoms. The number of hydrogen-bond donors (Lipinski definition) is 1. The van der Waals surface area contributed by atoms with Crippen LogP contribution in [0.3, 0.4) is 0 Å². The van der Waals surface area contributed by atoms with Gasteiger partial charge in [-0.05, 0) is 36.1 Å². The summed E-state index contributed by atoms with van der Waals surface area (Å²) in [6.07, 6.45) is 3.63. The van der Waals surface area contributed by atoms with E-state index in [4.69, 9.17) is 11.6 Å². The lowest BCUT2D eigenvalue weighted by Crippen LogP contribution is -2.36. The Morgan fingerprint density at radius 1 is 0.967 bits per heavy atom. The van der Waals surface area contributed by atoms with Crippen LogP contribution in [0.4, 0.5) is 0 Å². The summed E-state index contributed by atoms with van der Waals surface area (Å²) in [4.78, 5) is 39.3. The molecule has 5 nitrogen and oxygen atoms in total. The first kappa shape index (κ1) is 20.6. The molecule has 1 N–H and O–H groups in total. The third-order valence-corrected chi connectivity index (χ3v) is 6.35. The molecule has 1 saturated heterocycles. The molecule has 2 aromatic carbocycles. The lowest BCUT2D eigenvalue weighted by atomic mass is 9.81. The largest absolute Gasteiger partial charge is 0.345 e. The van der Waals surface area contributed by atoms with Crippen molar-refractivity contribution >= 4 is 29.3 Å². The second kappa shape index (κ2) is 9.00. The lowest BCUT2D eigenvalue weighted by Gasteiger charge is -2.21. The normalized spacial score (nSPS) is 22.0. The van der Waals surface area contributed by atoms with Crippen molar-refractivity contribution in [3.05, 3.63) is 70.7 Å². The molecule has 2 aromatic rings.